The predicted molar refractivity (Wildman–Crippen MR) is 122 cm³/mol. The van der Waals surface area contributed by atoms with Crippen LogP contribution in [-0.4, -0.2) is 50.8 Å². The summed E-state index contributed by atoms with van der Waals surface area (Å²) in [4.78, 5) is 20.6. The first-order chi connectivity index (χ1) is 15.6. The van der Waals surface area contributed by atoms with Gasteiger partial charge in [0.05, 0.1) is 23.9 Å². The van der Waals surface area contributed by atoms with Crippen molar-refractivity contribution in [2.24, 2.45) is 5.92 Å². The highest BCUT2D eigenvalue weighted by Crippen LogP contribution is 2.37. The highest BCUT2D eigenvalue weighted by molar-refractivity contribution is 5.79. The zero-order valence-electron chi connectivity index (χ0n) is 18.5. The number of nitrogens with zero attached hydrogens (tertiary/aromatic N) is 7. The molecular weight excluding hydrogens is 404 g/mol. The molecule has 4 heterocycles. The molecule has 0 amide bonds. The highest BCUT2D eigenvalue weighted by Gasteiger charge is 2.28. The number of hydrogen-bond acceptors (Lipinski definition) is 8. The number of piperidine rings is 1. The van der Waals surface area contributed by atoms with Crippen LogP contribution in [0.2, 0.25) is 0 Å². The second-order valence-electron chi connectivity index (χ2n) is 8.67. The van der Waals surface area contributed by atoms with E-state index in [0.717, 1.165) is 73.8 Å². The minimum atomic E-state index is 0.129. The number of fused-ring (bicyclic) bond motifs is 1. The summed E-state index contributed by atoms with van der Waals surface area (Å²) in [6.07, 6.45) is 8.69. The lowest BCUT2D eigenvalue weighted by Crippen LogP contribution is -2.37. The Morgan fingerprint density at radius 3 is 2.72 bits per heavy atom. The van der Waals surface area contributed by atoms with E-state index in [1.54, 1.807) is 19.5 Å². The zero-order valence-corrected chi connectivity index (χ0v) is 18.5. The lowest BCUT2D eigenvalue weighted by Gasteiger charge is -2.31. The first-order valence-corrected chi connectivity index (χ1v) is 11.3. The second kappa shape index (κ2) is 8.71. The van der Waals surface area contributed by atoms with Gasteiger partial charge in [0.1, 0.15) is 23.0 Å². The topological polar surface area (TPSA) is 105 Å². The number of anilines is 3. The molecule has 0 bridgehead atoms. The van der Waals surface area contributed by atoms with Crippen molar-refractivity contribution < 1.29 is 4.74 Å². The summed E-state index contributed by atoms with van der Waals surface area (Å²) >= 11 is 0. The van der Waals surface area contributed by atoms with E-state index in [1.165, 1.54) is 0 Å². The van der Waals surface area contributed by atoms with Gasteiger partial charge in [-0.2, -0.15) is 10.2 Å². The molecule has 1 aliphatic heterocycles. The molecule has 1 saturated heterocycles. The Hall–Kier alpha value is -3.25. The molecule has 166 valence electrons. The van der Waals surface area contributed by atoms with E-state index in [-0.39, 0.29) is 5.92 Å². The largest absolute Gasteiger partial charge is 0.381 e. The smallest absolute Gasteiger partial charge is 0.227 e. The first-order valence-electron chi connectivity index (χ1n) is 11.3. The van der Waals surface area contributed by atoms with Crippen molar-refractivity contribution in [3.63, 3.8) is 0 Å². The molecule has 0 radical (unpaired) electrons. The summed E-state index contributed by atoms with van der Waals surface area (Å²) in [5.41, 5.74) is 1.91. The maximum Gasteiger partial charge on any atom is 0.227 e. The molecule has 2 fully saturated rings. The number of nitriles is 1. The average molecular weight is 433 g/mol. The Balaban J connectivity index is 1.37. The number of methoxy groups -OCH3 is 1. The minimum Gasteiger partial charge on any atom is -0.381 e. The van der Waals surface area contributed by atoms with Gasteiger partial charge >= 0.3 is 0 Å². The number of ether oxygens (including phenoxy) is 1. The number of imidazole rings is 1. The third-order valence-electron chi connectivity index (χ3n) is 6.66. The van der Waals surface area contributed by atoms with Crippen molar-refractivity contribution >= 4 is 28.6 Å². The van der Waals surface area contributed by atoms with Crippen LogP contribution in [0.25, 0.3) is 11.0 Å². The molecule has 2 atom stereocenters. The molecule has 1 unspecified atom stereocenters. The number of aromatic nitrogens is 5. The summed E-state index contributed by atoms with van der Waals surface area (Å²) < 4.78 is 7.73. The van der Waals surface area contributed by atoms with Gasteiger partial charge in [0.2, 0.25) is 5.95 Å². The molecule has 9 nitrogen and oxygen atoms in total. The fraction of sp³-hybridized carbons (Fsp3) is 0.522. The summed E-state index contributed by atoms with van der Waals surface area (Å²) in [5.74, 6) is 3.25. The van der Waals surface area contributed by atoms with Crippen LogP contribution in [0.3, 0.4) is 0 Å². The van der Waals surface area contributed by atoms with Gasteiger partial charge in [0, 0.05) is 44.4 Å². The quantitative estimate of drug-likeness (QED) is 0.650. The fourth-order valence-electron chi connectivity index (χ4n) is 4.95. The van der Waals surface area contributed by atoms with Gasteiger partial charge in [-0.1, -0.05) is 0 Å². The molecule has 3 aromatic rings. The van der Waals surface area contributed by atoms with Crippen molar-refractivity contribution in [1.29, 1.82) is 5.26 Å². The van der Waals surface area contributed by atoms with Crippen LogP contribution in [0.5, 0.6) is 0 Å². The van der Waals surface area contributed by atoms with Gasteiger partial charge in [-0.05, 0) is 45.1 Å². The van der Waals surface area contributed by atoms with Crippen LogP contribution in [0.4, 0.5) is 17.6 Å². The van der Waals surface area contributed by atoms with Crippen LogP contribution in [0.1, 0.15) is 44.0 Å². The number of pyridine rings is 1. The van der Waals surface area contributed by atoms with Gasteiger partial charge < -0.3 is 19.5 Å². The van der Waals surface area contributed by atoms with E-state index < -0.39 is 0 Å². The number of aryl methyl sites for hydroxylation is 1. The van der Waals surface area contributed by atoms with Crippen LogP contribution in [0, 0.1) is 24.2 Å². The normalized spacial score (nSPS) is 21.7. The summed E-state index contributed by atoms with van der Waals surface area (Å²) in [7, 11) is 1.77. The summed E-state index contributed by atoms with van der Waals surface area (Å²) in [5, 5.41) is 12.6. The Morgan fingerprint density at radius 1 is 1.12 bits per heavy atom. The molecule has 2 aliphatic rings. The fourth-order valence-corrected chi connectivity index (χ4v) is 4.95. The Kier molecular flexibility index (Phi) is 5.62. The molecule has 0 spiro atoms. The van der Waals surface area contributed by atoms with E-state index in [4.69, 9.17) is 14.7 Å². The Morgan fingerprint density at radius 2 is 1.97 bits per heavy atom. The minimum absolute atomic E-state index is 0.129. The Bertz CT molecular complexity index is 1140. The SMILES string of the molecule is COC1CCN(c2nccc(Nc3cc4c(cn3)nc(C)n4[C@@H]3CCC(C#N)C3)n2)CC1. The molecule has 32 heavy (non-hydrogen) atoms. The van der Waals surface area contributed by atoms with Crippen molar-refractivity contribution in [3.05, 3.63) is 30.4 Å². The van der Waals surface area contributed by atoms with Crippen molar-refractivity contribution in [2.45, 2.75) is 51.2 Å². The Labute approximate surface area is 187 Å². The van der Waals surface area contributed by atoms with E-state index in [1.807, 2.05) is 19.1 Å². The average Bonchev–Trinajstić information content (AvgIpc) is 3.42. The van der Waals surface area contributed by atoms with E-state index in [9.17, 15) is 5.26 Å². The summed E-state index contributed by atoms with van der Waals surface area (Å²) in [6.45, 7) is 3.79. The van der Waals surface area contributed by atoms with Crippen molar-refractivity contribution in [2.75, 3.05) is 30.4 Å². The van der Waals surface area contributed by atoms with E-state index >= 15 is 0 Å². The monoisotopic (exact) mass is 432 g/mol. The molecule has 1 N–H and O–H groups in total. The number of hydrogen-bond donors (Lipinski definition) is 1. The van der Waals surface area contributed by atoms with Gasteiger partial charge in [-0.25, -0.2) is 15.0 Å². The number of rotatable bonds is 5. The van der Waals surface area contributed by atoms with Crippen LogP contribution >= 0.6 is 0 Å². The highest BCUT2D eigenvalue weighted by atomic mass is 16.5. The van der Waals surface area contributed by atoms with Crippen LogP contribution < -0.4 is 10.2 Å². The van der Waals surface area contributed by atoms with Crippen molar-refractivity contribution in [1.82, 2.24) is 24.5 Å². The van der Waals surface area contributed by atoms with Crippen LogP contribution in [0.15, 0.2) is 24.5 Å². The molecule has 3 aromatic heterocycles. The molecular formula is C23H28N8O. The molecule has 1 aliphatic carbocycles. The van der Waals surface area contributed by atoms with Gasteiger partial charge in [0.15, 0.2) is 0 Å². The zero-order chi connectivity index (χ0) is 22.1. The number of nitrogens with one attached hydrogen (secondary N) is 1. The molecule has 9 heteroatoms. The lowest BCUT2D eigenvalue weighted by atomic mass is 10.1. The van der Waals surface area contributed by atoms with Crippen molar-refractivity contribution in [3.8, 4) is 6.07 Å². The van der Waals surface area contributed by atoms with Gasteiger partial charge in [-0.15, -0.1) is 0 Å². The van der Waals surface area contributed by atoms with E-state index in [0.29, 0.717) is 18.0 Å². The first kappa shape index (κ1) is 20.6. The third-order valence-corrected chi connectivity index (χ3v) is 6.66. The standard InChI is InChI=1S/C23H28N8O/c1-15-27-19-14-26-22(12-20(19)31(15)17-4-3-16(11-17)13-24)28-21-5-8-25-23(29-21)30-9-6-18(32-2)7-10-30/h5,8,12,14,16-18H,3-4,6-7,9-11H2,1-2H3,(H,25,26,28,29)/t16?,17-/m1/s1. The summed E-state index contributed by atoms with van der Waals surface area (Å²) in [6, 6.07) is 6.61. The third kappa shape index (κ3) is 3.98. The molecule has 5 rings (SSSR count). The molecule has 0 aromatic carbocycles. The van der Waals surface area contributed by atoms with Gasteiger partial charge in [-0.3, -0.25) is 0 Å². The maximum absolute atomic E-state index is 9.30. The van der Waals surface area contributed by atoms with E-state index in [2.05, 4.69) is 30.8 Å². The molecule has 1 saturated carbocycles. The van der Waals surface area contributed by atoms with Crippen LogP contribution in [-0.2, 0) is 4.74 Å². The van der Waals surface area contributed by atoms with Gasteiger partial charge in [0.25, 0.3) is 0 Å². The maximum atomic E-state index is 9.30. The lowest BCUT2D eigenvalue weighted by molar-refractivity contribution is 0.0816. The second-order valence-corrected chi connectivity index (χ2v) is 8.67. The predicted octanol–water partition coefficient (Wildman–Crippen LogP) is 3.75.